The smallest absolute Gasteiger partial charge is 0.314 e. The third-order valence-electron chi connectivity index (χ3n) is 4.83. The molecule has 228 valence electrons. The van der Waals surface area contributed by atoms with Crippen LogP contribution in [0.15, 0.2) is 67.2 Å². The number of rotatable bonds is 12. The second kappa shape index (κ2) is 17.4. The van der Waals surface area contributed by atoms with E-state index < -0.39 is 51.1 Å². The Hall–Kier alpha value is -0.679. The molecule has 4 nitrogen and oxygen atoms in total. The Morgan fingerprint density at radius 1 is 0.600 bits per heavy atom. The lowest BCUT2D eigenvalue weighted by molar-refractivity contribution is 0.383. The van der Waals surface area contributed by atoms with Crippen LogP contribution in [0.2, 0.25) is 97.7 Å². The van der Waals surface area contributed by atoms with E-state index in [9.17, 15) is 0 Å². The molecule has 0 N–H and O–H groups in total. The van der Waals surface area contributed by atoms with E-state index in [1.165, 1.54) is 11.1 Å². The Balaban J connectivity index is 0.000000641. The van der Waals surface area contributed by atoms with Crippen molar-refractivity contribution in [2.24, 2.45) is 0 Å². The van der Waals surface area contributed by atoms with Crippen molar-refractivity contribution >= 4 is 57.2 Å². The molecule has 10 heteroatoms. The molecule has 0 aliphatic rings. The van der Waals surface area contributed by atoms with E-state index in [0.717, 1.165) is 12.5 Å². The summed E-state index contributed by atoms with van der Waals surface area (Å²) in [4.78, 5) is 0. The molecule has 40 heavy (non-hydrogen) atoms. The van der Waals surface area contributed by atoms with Gasteiger partial charge in [0.2, 0.25) is 0 Å². The van der Waals surface area contributed by atoms with E-state index >= 15 is 0 Å². The van der Waals surface area contributed by atoms with Crippen LogP contribution in [0.25, 0.3) is 6.08 Å². The summed E-state index contributed by atoms with van der Waals surface area (Å²) in [5.74, 6) is 0. The first kappa shape index (κ1) is 39.3. The molecule has 0 saturated carbocycles. The molecular formula is C30H60O4Si6. The fourth-order valence-electron chi connectivity index (χ4n) is 4.04. The van der Waals surface area contributed by atoms with Gasteiger partial charge < -0.3 is 16.5 Å². The molecule has 0 radical (unpaired) electrons. The predicted molar refractivity (Wildman–Crippen MR) is 194 cm³/mol. The second-order valence-corrected chi connectivity index (χ2v) is 38.5. The van der Waals surface area contributed by atoms with E-state index in [0.29, 0.717) is 0 Å². The highest BCUT2D eigenvalue weighted by atomic mass is 28.5. The Bertz CT molecular complexity index is 915. The number of benzene rings is 2. The van der Waals surface area contributed by atoms with Crippen molar-refractivity contribution < 1.29 is 16.5 Å². The van der Waals surface area contributed by atoms with E-state index in [-0.39, 0.29) is 0 Å². The molecule has 0 amide bonds. The van der Waals surface area contributed by atoms with Crippen LogP contribution in [0.4, 0.5) is 0 Å². The van der Waals surface area contributed by atoms with Crippen LogP contribution in [0, 0.1) is 0 Å². The second-order valence-electron chi connectivity index (χ2n) is 14.2. The molecule has 0 bridgehead atoms. The van der Waals surface area contributed by atoms with Gasteiger partial charge in [0, 0.05) is 0 Å². The molecular weight excluding hydrogens is 593 g/mol. The normalized spacial score (nSPS) is 12.7. The van der Waals surface area contributed by atoms with Crippen LogP contribution in [-0.4, -0.2) is 51.1 Å². The Morgan fingerprint density at radius 3 is 1.27 bits per heavy atom. The highest BCUT2D eigenvalue weighted by molar-refractivity contribution is 6.87. The Labute approximate surface area is 255 Å². The lowest BCUT2D eigenvalue weighted by atomic mass is 10.2. The van der Waals surface area contributed by atoms with Crippen molar-refractivity contribution in [3.63, 3.8) is 0 Å². The van der Waals surface area contributed by atoms with Crippen molar-refractivity contribution in [3.8, 4) is 0 Å². The number of aryl methyl sites for hydroxylation is 1. The van der Waals surface area contributed by atoms with Crippen LogP contribution in [0.5, 0.6) is 0 Å². The van der Waals surface area contributed by atoms with Gasteiger partial charge in [-0.2, -0.15) is 0 Å². The molecule has 0 atom stereocenters. The highest BCUT2D eigenvalue weighted by Gasteiger charge is 2.39. The maximum Gasteiger partial charge on any atom is 0.314 e. The molecule has 0 aliphatic carbocycles. The fraction of sp³-hybridized carbons (Fsp3) is 0.533. The lowest BCUT2D eigenvalue weighted by Crippen LogP contribution is -2.52. The van der Waals surface area contributed by atoms with Gasteiger partial charge in [0.25, 0.3) is 9.28 Å². The summed E-state index contributed by atoms with van der Waals surface area (Å²) >= 11 is 0. The van der Waals surface area contributed by atoms with Gasteiger partial charge in [0.1, 0.15) is 0 Å². The van der Waals surface area contributed by atoms with Crippen molar-refractivity contribution in [2.75, 3.05) is 0 Å². The van der Waals surface area contributed by atoms with Crippen molar-refractivity contribution in [1.29, 1.82) is 0 Å². The molecule has 2 aromatic rings. The zero-order valence-electron chi connectivity index (χ0n) is 28.2. The quantitative estimate of drug-likeness (QED) is 0.214. The first-order valence-corrected chi connectivity index (χ1v) is 32.8. The standard InChI is InChI=1S/C15H30O2Si3.C8H8.C7H22O2Si3/c1-18(2,3)16-20(7,17-19(4,5)6)14-13-15-11-9-8-10-12-15;1-2-8-6-4-3-5-7-8;1-10(8-11(2,3)4)9-12(5,6)7/h8-12H,13-14H2,1-7H3;2-7H,1H2;10H,1-7H3. The SMILES string of the molecule is C=Cc1ccccc1.C[SiH](O[Si](C)(C)C)O[Si](C)(C)C.C[Si](C)(C)O[Si](C)(CCc1ccccc1)O[Si](C)(C)C. The topological polar surface area (TPSA) is 36.9 Å². The molecule has 2 rings (SSSR count). The van der Waals surface area contributed by atoms with Crippen molar-refractivity contribution in [2.45, 2.75) is 104 Å². The van der Waals surface area contributed by atoms with Crippen LogP contribution in [0.3, 0.4) is 0 Å². The first-order valence-electron chi connectivity index (χ1n) is 14.5. The summed E-state index contributed by atoms with van der Waals surface area (Å²) < 4.78 is 24.8. The molecule has 0 heterocycles. The third-order valence-corrected chi connectivity index (χ3v) is 22.7. The minimum atomic E-state index is -2.08. The minimum absolute atomic E-state index is 1.05. The number of hydrogen-bond donors (Lipinski definition) is 0. The Morgan fingerprint density at radius 2 is 0.975 bits per heavy atom. The highest BCUT2D eigenvalue weighted by Crippen LogP contribution is 2.25. The van der Waals surface area contributed by atoms with Crippen LogP contribution >= 0.6 is 0 Å². The van der Waals surface area contributed by atoms with Gasteiger partial charge in [-0.15, -0.1) is 0 Å². The summed E-state index contributed by atoms with van der Waals surface area (Å²) in [7, 11) is -9.27. The largest absolute Gasteiger partial charge is 0.439 e. The van der Waals surface area contributed by atoms with Gasteiger partial charge in [-0.05, 0) is 115 Å². The zero-order chi connectivity index (χ0) is 31.3. The minimum Gasteiger partial charge on any atom is -0.439 e. The maximum absolute atomic E-state index is 6.51. The molecule has 0 aliphatic heterocycles. The van der Waals surface area contributed by atoms with E-state index in [1.54, 1.807) is 0 Å². The molecule has 0 aromatic heterocycles. The van der Waals surface area contributed by atoms with Crippen LogP contribution in [0.1, 0.15) is 11.1 Å². The maximum atomic E-state index is 6.51. The Kier molecular flexibility index (Phi) is 17.1. The fourth-order valence-corrected chi connectivity index (χ4v) is 25.1. The summed E-state index contributed by atoms with van der Waals surface area (Å²) in [6.45, 7) is 34.8. The molecule has 2 aromatic carbocycles. The van der Waals surface area contributed by atoms with Gasteiger partial charge in [-0.25, -0.2) is 0 Å². The zero-order valence-corrected chi connectivity index (χ0v) is 34.3. The first-order chi connectivity index (χ1) is 18.0. The molecule has 0 saturated heterocycles. The molecule has 0 fully saturated rings. The predicted octanol–water partition coefficient (Wildman–Crippen LogP) is 9.87. The molecule has 0 unspecified atom stereocenters. The van der Waals surface area contributed by atoms with Crippen LogP contribution in [-0.2, 0) is 22.9 Å². The summed E-state index contributed by atoms with van der Waals surface area (Å²) in [6, 6.07) is 21.7. The van der Waals surface area contributed by atoms with Gasteiger partial charge in [0.15, 0.2) is 33.3 Å². The number of hydrogen-bond acceptors (Lipinski definition) is 4. The lowest BCUT2D eigenvalue weighted by Gasteiger charge is -2.38. The van der Waals surface area contributed by atoms with Gasteiger partial charge in [-0.3, -0.25) is 0 Å². The summed E-state index contributed by atoms with van der Waals surface area (Å²) in [5.41, 5.74) is 2.55. The third kappa shape index (κ3) is 24.0. The van der Waals surface area contributed by atoms with E-state index in [1.807, 2.05) is 36.4 Å². The average molecular weight is 653 g/mol. The van der Waals surface area contributed by atoms with Gasteiger partial charge in [0.05, 0.1) is 0 Å². The summed E-state index contributed by atoms with van der Waals surface area (Å²) in [5, 5.41) is 0. The van der Waals surface area contributed by atoms with Crippen LogP contribution < -0.4 is 0 Å². The van der Waals surface area contributed by atoms with Gasteiger partial charge >= 0.3 is 8.56 Å². The van der Waals surface area contributed by atoms with E-state index in [4.69, 9.17) is 16.5 Å². The summed E-state index contributed by atoms with van der Waals surface area (Å²) in [6.07, 6.45) is 2.89. The van der Waals surface area contributed by atoms with Crippen molar-refractivity contribution in [3.05, 3.63) is 78.4 Å². The average Bonchev–Trinajstić information content (AvgIpc) is 2.75. The molecule has 0 spiro atoms. The van der Waals surface area contributed by atoms with E-state index in [2.05, 4.69) is 129 Å². The monoisotopic (exact) mass is 652 g/mol. The van der Waals surface area contributed by atoms with Crippen molar-refractivity contribution in [1.82, 2.24) is 0 Å². The van der Waals surface area contributed by atoms with Gasteiger partial charge in [-0.1, -0.05) is 73.3 Å².